The summed E-state index contributed by atoms with van der Waals surface area (Å²) in [5.74, 6) is -0.163. The summed E-state index contributed by atoms with van der Waals surface area (Å²) in [6, 6.07) is 4.49. The average Bonchev–Trinajstić information content (AvgIpc) is 3.16. The molecule has 2 aliphatic heterocycles. The average molecular weight is 474 g/mol. The number of amidine groups is 1. The summed E-state index contributed by atoms with van der Waals surface area (Å²) >= 11 is 7.40. The Morgan fingerprint density at radius 1 is 1.31 bits per heavy atom. The van der Waals surface area contributed by atoms with E-state index in [1.54, 1.807) is 18.6 Å². The molecule has 168 valence electrons. The summed E-state index contributed by atoms with van der Waals surface area (Å²) < 4.78 is 13.5. The predicted molar refractivity (Wildman–Crippen MR) is 132 cm³/mol. The number of rotatable bonds is 8. The van der Waals surface area contributed by atoms with E-state index in [0.717, 1.165) is 36.6 Å². The molecule has 1 aliphatic carbocycles. The van der Waals surface area contributed by atoms with Crippen LogP contribution >= 0.6 is 23.4 Å². The third-order valence-electron chi connectivity index (χ3n) is 5.44. The molecule has 4 rings (SSSR count). The summed E-state index contributed by atoms with van der Waals surface area (Å²) in [5.41, 5.74) is 3.12. The highest BCUT2D eigenvalue weighted by Crippen LogP contribution is 2.48. The van der Waals surface area contributed by atoms with Crippen molar-refractivity contribution in [1.82, 2.24) is 15.5 Å². The van der Waals surface area contributed by atoms with Crippen LogP contribution < -0.4 is 16.0 Å². The van der Waals surface area contributed by atoms with Gasteiger partial charge in [0.1, 0.15) is 10.9 Å². The quantitative estimate of drug-likeness (QED) is 0.339. The maximum atomic E-state index is 13.5. The molecule has 0 aromatic heterocycles. The number of halogens is 2. The summed E-state index contributed by atoms with van der Waals surface area (Å²) in [4.78, 5) is 10.7. The number of benzene rings is 1. The van der Waals surface area contributed by atoms with Crippen LogP contribution in [-0.2, 0) is 0 Å². The molecule has 0 saturated carbocycles. The van der Waals surface area contributed by atoms with Crippen LogP contribution in [0.25, 0.3) is 0 Å². The number of aliphatic imine (C=N–C) groups is 2. The van der Waals surface area contributed by atoms with Crippen LogP contribution in [0.3, 0.4) is 0 Å². The van der Waals surface area contributed by atoms with Gasteiger partial charge in [0.15, 0.2) is 10.7 Å². The molecule has 1 aromatic rings. The third-order valence-corrected chi connectivity index (χ3v) is 7.09. The number of likely N-dealkylation sites (N-methyl/N-ethyl adjacent to an activating group) is 1. The molecule has 0 bridgehead atoms. The van der Waals surface area contributed by atoms with Crippen LogP contribution in [0.2, 0.25) is 5.02 Å². The lowest BCUT2D eigenvalue weighted by Gasteiger charge is -2.35. The van der Waals surface area contributed by atoms with E-state index in [1.165, 1.54) is 23.9 Å². The maximum absolute atomic E-state index is 13.5. The van der Waals surface area contributed by atoms with Gasteiger partial charge < -0.3 is 20.9 Å². The molecule has 1 unspecified atom stereocenters. The van der Waals surface area contributed by atoms with Crippen molar-refractivity contribution in [2.24, 2.45) is 9.98 Å². The van der Waals surface area contributed by atoms with E-state index in [9.17, 15) is 4.39 Å². The Bertz CT molecular complexity index is 1070. The van der Waals surface area contributed by atoms with E-state index in [0.29, 0.717) is 23.1 Å². The molecular weight excluding hydrogens is 449 g/mol. The number of hydrogen-bond acceptors (Lipinski definition) is 7. The van der Waals surface area contributed by atoms with E-state index >= 15 is 0 Å². The number of nitrogens with one attached hydrogen (secondary N) is 4. The van der Waals surface area contributed by atoms with Gasteiger partial charge in [0.2, 0.25) is 0 Å². The predicted octanol–water partition coefficient (Wildman–Crippen LogP) is 3.94. The zero-order valence-electron chi connectivity index (χ0n) is 17.9. The van der Waals surface area contributed by atoms with Crippen LogP contribution in [0.15, 0.2) is 63.5 Å². The third kappa shape index (κ3) is 4.46. The first-order valence-electron chi connectivity index (χ1n) is 10.4. The van der Waals surface area contributed by atoms with Crippen molar-refractivity contribution >= 4 is 46.3 Å². The fourth-order valence-corrected chi connectivity index (χ4v) is 4.98. The van der Waals surface area contributed by atoms with Gasteiger partial charge in [-0.2, -0.15) is 0 Å². The van der Waals surface area contributed by atoms with E-state index in [-0.39, 0.29) is 5.02 Å². The van der Waals surface area contributed by atoms with Crippen LogP contribution in [0.5, 0.6) is 0 Å². The molecule has 0 radical (unpaired) electrons. The molecule has 0 saturated heterocycles. The number of nitrogens with zero attached hydrogens (tertiary/aromatic N) is 3. The lowest BCUT2D eigenvalue weighted by atomic mass is 9.96. The Labute approximate surface area is 196 Å². The van der Waals surface area contributed by atoms with Gasteiger partial charge in [-0.25, -0.2) is 14.4 Å². The molecule has 10 heteroatoms. The van der Waals surface area contributed by atoms with E-state index < -0.39 is 10.7 Å². The molecule has 7 nitrogen and oxygen atoms in total. The largest absolute Gasteiger partial charge is 0.367 e. The van der Waals surface area contributed by atoms with Crippen molar-refractivity contribution in [2.45, 2.75) is 18.7 Å². The van der Waals surface area contributed by atoms with Crippen LogP contribution in [0.1, 0.15) is 13.8 Å². The maximum Gasteiger partial charge on any atom is 0.161 e. The molecule has 0 amide bonds. The van der Waals surface area contributed by atoms with Crippen molar-refractivity contribution < 1.29 is 4.39 Å². The zero-order valence-corrected chi connectivity index (χ0v) is 19.4. The molecule has 32 heavy (non-hydrogen) atoms. The van der Waals surface area contributed by atoms with Gasteiger partial charge in [0, 0.05) is 36.2 Å². The van der Waals surface area contributed by atoms with Crippen molar-refractivity contribution in [2.75, 3.05) is 31.5 Å². The smallest absolute Gasteiger partial charge is 0.161 e. The van der Waals surface area contributed by atoms with Crippen molar-refractivity contribution in [1.29, 1.82) is 5.41 Å². The van der Waals surface area contributed by atoms with Gasteiger partial charge in [0.05, 0.1) is 17.1 Å². The topological polar surface area (TPSA) is 87.9 Å². The van der Waals surface area contributed by atoms with Gasteiger partial charge in [0.25, 0.3) is 0 Å². The number of hydrogen-bond donors (Lipinski definition) is 4. The molecule has 1 aromatic carbocycles. The Morgan fingerprint density at radius 3 is 2.88 bits per heavy atom. The molecule has 0 fully saturated rings. The first kappa shape index (κ1) is 22.6. The summed E-state index contributed by atoms with van der Waals surface area (Å²) in [7, 11) is 0. The highest BCUT2D eigenvalue weighted by Gasteiger charge is 2.47. The first-order chi connectivity index (χ1) is 15.4. The molecule has 2 heterocycles. The fraction of sp³-hybridized carbons (Fsp3) is 0.318. The SMILES string of the molecule is CCN(CC)CCNC(=N)C1=NC2=CC(Nc3ccc(F)c(Cl)c3)=CC3=CN=CNC32S1. The minimum Gasteiger partial charge on any atom is -0.367 e. The number of anilines is 1. The molecular formula is C22H25ClFN7S. The van der Waals surface area contributed by atoms with Crippen LogP contribution in [-0.4, -0.2) is 53.2 Å². The second kappa shape index (κ2) is 9.48. The van der Waals surface area contributed by atoms with Gasteiger partial charge in [-0.05, 0) is 43.4 Å². The van der Waals surface area contributed by atoms with E-state index in [1.807, 2.05) is 12.2 Å². The molecule has 1 atom stereocenters. The van der Waals surface area contributed by atoms with Crippen LogP contribution in [0.4, 0.5) is 10.1 Å². The van der Waals surface area contributed by atoms with Crippen molar-refractivity contribution in [3.8, 4) is 0 Å². The standard InChI is InChI=1S/C22H25ClFN7S/c1-3-31(4-2)8-7-27-20(25)21-30-19-11-16(29-15-5-6-18(24)17(23)10-15)9-14-12-26-13-28-22(14,19)32-21/h5-6,9-13,29H,3-4,7-8H2,1-2H3,(H2,25,27)(H,26,28). The second-order valence-corrected chi connectivity index (χ2v) is 9.03. The van der Waals surface area contributed by atoms with Crippen molar-refractivity contribution in [3.63, 3.8) is 0 Å². The normalized spacial score (nSPS) is 21.0. The van der Waals surface area contributed by atoms with Gasteiger partial charge in [-0.1, -0.05) is 37.2 Å². The molecule has 3 aliphatic rings. The van der Waals surface area contributed by atoms with E-state index in [4.69, 9.17) is 22.0 Å². The minimum atomic E-state index is -0.616. The fourth-order valence-electron chi connectivity index (χ4n) is 3.64. The monoisotopic (exact) mass is 473 g/mol. The number of thioether (sulfide) groups is 1. The van der Waals surface area contributed by atoms with Crippen molar-refractivity contribution in [3.05, 3.63) is 64.4 Å². The molecule has 1 spiro atoms. The summed E-state index contributed by atoms with van der Waals surface area (Å²) in [5, 5.41) is 18.9. The Kier molecular flexibility index (Phi) is 6.68. The minimum absolute atomic E-state index is 0.0533. The van der Waals surface area contributed by atoms with Crippen LogP contribution in [0, 0.1) is 11.2 Å². The first-order valence-corrected chi connectivity index (χ1v) is 11.6. The summed E-state index contributed by atoms with van der Waals surface area (Å²) in [6.45, 7) is 7.77. The van der Waals surface area contributed by atoms with E-state index in [2.05, 4.69) is 39.7 Å². The second-order valence-electron chi connectivity index (χ2n) is 7.42. The Hall–Kier alpha value is -2.62. The van der Waals surface area contributed by atoms with Gasteiger partial charge in [-0.15, -0.1) is 0 Å². The number of allylic oxidation sites excluding steroid dienone is 1. The highest BCUT2D eigenvalue weighted by molar-refractivity contribution is 8.17. The highest BCUT2D eigenvalue weighted by atomic mass is 35.5. The zero-order chi connectivity index (χ0) is 22.7. The van der Waals surface area contributed by atoms with Gasteiger partial charge in [-0.3, -0.25) is 5.41 Å². The summed E-state index contributed by atoms with van der Waals surface area (Å²) in [6.07, 6.45) is 7.31. The molecule has 4 N–H and O–H groups in total. The lowest BCUT2D eigenvalue weighted by Crippen LogP contribution is -2.46. The van der Waals surface area contributed by atoms with Gasteiger partial charge >= 0.3 is 0 Å². The Morgan fingerprint density at radius 2 is 2.12 bits per heavy atom. The lowest BCUT2D eigenvalue weighted by molar-refractivity contribution is 0.308. The Balaban J connectivity index is 1.53.